The van der Waals surface area contributed by atoms with Gasteiger partial charge in [-0.3, -0.25) is 9.59 Å². The first-order valence-electron chi connectivity index (χ1n) is 11.0. The van der Waals surface area contributed by atoms with Crippen molar-refractivity contribution in [2.24, 2.45) is 0 Å². The molecule has 3 aromatic rings. The summed E-state index contributed by atoms with van der Waals surface area (Å²) in [6, 6.07) is 19.5. The fraction of sp³-hybridized carbons (Fsp3) is 0.320. The van der Waals surface area contributed by atoms with Crippen molar-refractivity contribution in [2.45, 2.75) is 29.2 Å². The first kappa shape index (κ1) is 21.0. The Kier molecular flexibility index (Phi) is 6.10. The SMILES string of the molecule is O=C(NC1CC1)c1cc(S[C@@H](C(=O)N2CCOCC2)c2ccccc2)nc2ccccc12. The van der Waals surface area contributed by atoms with Gasteiger partial charge in [0.05, 0.1) is 29.3 Å². The highest BCUT2D eigenvalue weighted by molar-refractivity contribution is 8.00. The molecule has 0 spiro atoms. The summed E-state index contributed by atoms with van der Waals surface area (Å²) in [5.74, 6) is -0.0350. The summed E-state index contributed by atoms with van der Waals surface area (Å²) in [5, 5.41) is 4.13. The number of rotatable bonds is 6. The number of ether oxygens (including phenoxy) is 1. The van der Waals surface area contributed by atoms with Gasteiger partial charge in [-0.2, -0.15) is 0 Å². The van der Waals surface area contributed by atoms with Gasteiger partial charge in [0.2, 0.25) is 5.91 Å². The molecule has 2 aliphatic rings. The van der Waals surface area contributed by atoms with Crippen LogP contribution < -0.4 is 5.32 Å². The summed E-state index contributed by atoms with van der Waals surface area (Å²) < 4.78 is 5.42. The van der Waals surface area contributed by atoms with E-state index in [0.717, 1.165) is 29.3 Å². The zero-order valence-corrected chi connectivity index (χ0v) is 18.5. The fourth-order valence-electron chi connectivity index (χ4n) is 3.85. The molecular weight excluding hydrogens is 422 g/mol. The number of carbonyl (C=O) groups is 2. The van der Waals surface area contributed by atoms with Gasteiger partial charge in [0.1, 0.15) is 5.25 Å². The van der Waals surface area contributed by atoms with E-state index in [4.69, 9.17) is 9.72 Å². The maximum atomic E-state index is 13.5. The molecule has 164 valence electrons. The van der Waals surface area contributed by atoms with E-state index in [9.17, 15) is 9.59 Å². The van der Waals surface area contributed by atoms with Crippen molar-refractivity contribution in [1.29, 1.82) is 0 Å². The van der Waals surface area contributed by atoms with Gasteiger partial charge in [-0.05, 0) is 30.5 Å². The second kappa shape index (κ2) is 9.30. The van der Waals surface area contributed by atoms with Gasteiger partial charge < -0.3 is 15.0 Å². The third kappa shape index (κ3) is 4.64. The first-order valence-corrected chi connectivity index (χ1v) is 11.9. The van der Waals surface area contributed by atoms with E-state index in [2.05, 4.69) is 5.32 Å². The molecule has 0 bridgehead atoms. The van der Waals surface area contributed by atoms with Gasteiger partial charge in [0.15, 0.2) is 0 Å². The summed E-state index contributed by atoms with van der Waals surface area (Å²) >= 11 is 1.40. The summed E-state index contributed by atoms with van der Waals surface area (Å²) in [5.41, 5.74) is 2.28. The summed E-state index contributed by atoms with van der Waals surface area (Å²) in [7, 11) is 0. The molecule has 1 aromatic heterocycles. The monoisotopic (exact) mass is 447 g/mol. The van der Waals surface area contributed by atoms with Crippen LogP contribution in [0.5, 0.6) is 0 Å². The third-order valence-electron chi connectivity index (χ3n) is 5.74. The zero-order valence-electron chi connectivity index (χ0n) is 17.7. The maximum Gasteiger partial charge on any atom is 0.252 e. The molecule has 0 unspecified atom stereocenters. The minimum Gasteiger partial charge on any atom is -0.378 e. The van der Waals surface area contributed by atoms with Crippen LogP contribution in [0.4, 0.5) is 0 Å². The van der Waals surface area contributed by atoms with Crippen LogP contribution >= 0.6 is 11.8 Å². The fourth-order valence-corrected chi connectivity index (χ4v) is 4.97. The maximum absolute atomic E-state index is 13.5. The molecule has 1 N–H and O–H groups in total. The average Bonchev–Trinajstić information content (AvgIpc) is 3.66. The molecule has 1 atom stereocenters. The molecule has 2 aromatic carbocycles. The van der Waals surface area contributed by atoms with Crippen molar-refractivity contribution in [3.8, 4) is 0 Å². The van der Waals surface area contributed by atoms with Gasteiger partial charge in [0, 0.05) is 24.5 Å². The number of nitrogens with zero attached hydrogens (tertiary/aromatic N) is 2. The number of fused-ring (bicyclic) bond motifs is 1. The molecule has 1 aliphatic heterocycles. The van der Waals surface area contributed by atoms with Crippen LogP contribution in [-0.4, -0.2) is 54.0 Å². The van der Waals surface area contributed by atoms with Crippen molar-refractivity contribution < 1.29 is 14.3 Å². The van der Waals surface area contributed by atoms with E-state index >= 15 is 0 Å². The van der Waals surface area contributed by atoms with Crippen molar-refractivity contribution >= 4 is 34.5 Å². The van der Waals surface area contributed by atoms with Crippen LogP contribution in [0.15, 0.2) is 65.7 Å². The normalized spacial score (nSPS) is 17.2. The molecule has 0 radical (unpaired) electrons. The summed E-state index contributed by atoms with van der Waals surface area (Å²) in [6.45, 7) is 2.28. The van der Waals surface area contributed by atoms with Gasteiger partial charge in [-0.1, -0.05) is 60.3 Å². The highest BCUT2D eigenvalue weighted by Gasteiger charge is 2.30. The Labute approximate surface area is 191 Å². The number of morpholine rings is 1. The van der Waals surface area contributed by atoms with Gasteiger partial charge in [0.25, 0.3) is 5.91 Å². The van der Waals surface area contributed by atoms with Crippen LogP contribution in [0.1, 0.15) is 34.0 Å². The Hall–Kier alpha value is -2.90. The number of amides is 2. The Morgan fingerprint density at radius 2 is 1.75 bits per heavy atom. The number of aromatic nitrogens is 1. The molecule has 6 nitrogen and oxygen atoms in total. The summed E-state index contributed by atoms with van der Waals surface area (Å²) in [6.07, 6.45) is 2.06. The Bertz CT molecular complexity index is 1130. The second-order valence-electron chi connectivity index (χ2n) is 8.12. The van der Waals surface area contributed by atoms with Crippen LogP contribution in [0.25, 0.3) is 10.9 Å². The largest absolute Gasteiger partial charge is 0.378 e. The van der Waals surface area contributed by atoms with E-state index in [1.807, 2.05) is 65.6 Å². The number of carbonyl (C=O) groups excluding carboxylic acids is 2. The average molecular weight is 448 g/mol. The molecule has 2 fully saturated rings. The van der Waals surface area contributed by atoms with E-state index < -0.39 is 5.25 Å². The molecule has 5 rings (SSSR count). The number of benzene rings is 2. The van der Waals surface area contributed by atoms with Crippen LogP contribution in [0, 0.1) is 0 Å². The van der Waals surface area contributed by atoms with Crippen LogP contribution in [0.3, 0.4) is 0 Å². The predicted molar refractivity (Wildman–Crippen MR) is 125 cm³/mol. The minimum absolute atomic E-state index is 0.0449. The highest BCUT2D eigenvalue weighted by atomic mass is 32.2. The zero-order chi connectivity index (χ0) is 21.9. The molecular formula is C25H25N3O3S. The highest BCUT2D eigenvalue weighted by Crippen LogP contribution is 2.37. The van der Waals surface area contributed by atoms with Crippen molar-refractivity contribution in [1.82, 2.24) is 15.2 Å². The number of pyridine rings is 1. The number of para-hydroxylation sites is 1. The van der Waals surface area contributed by atoms with Gasteiger partial charge >= 0.3 is 0 Å². The molecule has 1 saturated carbocycles. The lowest BCUT2D eigenvalue weighted by molar-refractivity contribution is -0.134. The van der Waals surface area contributed by atoms with Crippen molar-refractivity contribution in [3.63, 3.8) is 0 Å². The number of nitrogens with one attached hydrogen (secondary N) is 1. The smallest absolute Gasteiger partial charge is 0.252 e. The van der Waals surface area contributed by atoms with E-state index in [1.165, 1.54) is 11.8 Å². The molecule has 1 saturated heterocycles. The molecule has 1 aliphatic carbocycles. The Morgan fingerprint density at radius 3 is 2.50 bits per heavy atom. The lowest BCUT2D eigenvalue weighted by Gasteiger charge is -2.30. The standard InChI is InChI=1S/C25H25N3O3S/c29-24(26-18-10-11-18)20-16-22(27-21-9-5-4-8-19(20)21)32-23(17-6-2-1-3-7-17)25(30)28-12-14-31-15-13-28/h1-9,16,18,23H,10-15H2,(H,26,29)/t23-/m1/s1. The lowest BCUT2D eigenvalue weighted by Crippen LogP contribution is -2.42. The lowest BCUT2D eigenvalue weighted by atomic mass is 10.1. The first-order chi connectivity index (χ1) is 15.7. The van der Waals surface area contributed by atoms with Crippen LogP contribution in [-0.2, 0) is 9.53 Å². The molecule has 32 heavy (non-hydrogen) atoms. The van der Waals surface area contributed by atoms with E-state index in [-0.39, 0.29) is 17.9 Å². The van der Waals surface area contributed by atoms with Crippen LogP contribution in [0.2, 0.25) is 0 Å². The number of hydrogen-bond donors (Lipinski definition) is 1. The van der Waals surface area contributed by atoms with Gasteiger partial charge in [-0.15, -0.1) is 0 Å². The quantitative estimate of drug-likeness (QED) is 0.582. The predicted octanol–water partition coefficient (Wildman–Crippen LogP) is 3.82. The van der Waals surface area contributed by atoms with E-state index in [0.29, 0.717) is 36.9 Å². The van der Waals surface area contributed by atoms with E-state index in [1.54, 1.807) is 0 Å². The molecule has 7 heteroatoms. The minimum atomic E-state index is -0.442. The Morgan fingerprint density at radius 1 is 1.03 bits per heavy atom. The molecule has 2 amide bonds. The molecule has 2 heterocycles. The Balaban J connectivity index is 1.50. The number of hydrogen-bond acceptors (Lipinski definition) is 5. The second-order valence-corrected chi connectivity index (χ2v) is 9.24. The van der Waals surface area contributed by atoms with Crippen molar-refractivity contribution in [2.75, 3.05) is 26.3 Å². The van der Waals surface area contributed by atoms with Crippen molar-refractivity contribution in [3.05, 3.63) is 71.8 Å². The third-order valence-corrected chi connectivity index (χ3v) is 6.90. The topological polar surface area (TPSA) is 71.5 Å². The summed E-state index contributed by atoms with van der Waals surface area (Å²) in [4.78, 5) is 33.1. The van der Waals surface area contributed by atoms with Gasteiger partial charge in [-0.25, -0.2) is 4.98 Å². The number of thioether (sulfide) groups is 1.